The monoisotopic (exact) mass is 257 g/mol. The lowest BCUT2D eigenvalue weighted by Gasteiger charge is -2.29. The Balaban J connectivity index is 1.68. The van der Waals surface area contributed by atoms with E-state index in [1.165, 1.54) is 29.5 Å². The van der Waals surface area contributed by atoms with E-state index < -0.39 is 0 Å². The van der Waals surface area contributed by atoms with Crippen LogP contribution < -0.4 is 5.73 Å². The molecule has 2 N–H and O–H groups in total. The van der Waals surface area contributed by atoms with Crippen LogP contribution in [0.3, 0.4) is 0 Å². The molecule has 1 aliphatic carbocycles. The highest BCUT2D eigenvalue weighted by Crippen LogP contribution is 2.28. The third kappa shape index (κ3) is 2.50. The first-order valence-corrected chi connectivity index (χ1v) is 7.60. The fourth-order valence-electron chi connectivity index (χ4n) is 2.94. The van der Waals surface area contributed by atoms with Crippen LogP contribution in [0.4, 0.5) is 0 Å². The SMILES string of the molecule is NC(Cc1ccsc1)C1CCc2ccccc2C1. The van der Waals surface area contributed by atoms with Gasteiger partial charge in [-0.3, -0.25) is 0 Å². The van der Waals surface area contributed by atoms with Gasteiger partial charge in [0.1, 0.15) is 0 Å². The molecule has 0 bridgehead atoms. The summed E-state index contributed by atoms with van der Waals surface area (Å²) in [6.45, 7) is 0. The van der Waals surface area contributed by atoms with Crippen LogP contribution in [0.1, 0.15) is 23.1 Å². The Morgan fingerprint density at radius 1 is 1.22 bits per heavy atom. The molecule has 2 aromatic rings. The molecule has 2 atom stereocenters. The highest BCUT2D eigenvalue weighted by molar-refractivity contribution is 7.07. The molecular weight excluding hydrogens is 238 g/mol. The minimum Gasteiger partial charge on any atom is -0.327 e. The Kier molecular flexibility index (Phi) is 3.48. The van der Waals surface area contributed by atoms with E-state index in [-0.39, 0.29) is 0 Å². The Bertz CT molecular complexity index is 504. The Labute approximate surface area is 113 Å². The van der Waals surface area contributed by atoms with Gasteiger partial charge in [0.2, 0.25) is 0 Å². The Hall–Kier alpha value is -1.12. The molecule has 3 rings (SSSR count). The van der Waals surface area contributed by atoms with Crippen LogP contribution >= 0.6 is 11.3 Å². The maximum Gasteiger partial charge on any atom is 0.0111 e. The first-order chi connectivity index (χ1) is 8.83. The number of rotatable bonds is 3. The van der Waals surface area contributed by atoms with Gasteiger partial charge in [-0.05, 0) is 65.1 Å². The van der Waals surface area contributed by atoms with E-state index in [0.717, 1.165) is 12.8 Å². The predicted octanol–water partition coefficient (Wildman–Crippen LogP) is 3.42. The molecule has 0 saturated heterocycles. The Morgan fingerprint density at radius 2 is 2.06 bits per heavy atom. The molecular formula is C16H19NS. The summed E-state index contributed by atoms with van der Waals surface area (Å²) in [7, 11) is 0. The van der Waals surface area contributed by atoms with Crippen molar-refractivity contribution in [1.82, 2.24) is 0 Å². The zero-order valence-corrected chi connectivity index (χ0v) is 11.3. The second-order valence-corrected chi connectivity index (χ2v) is 6.05. The third-order valence-electron chi connectivity index (χ3n) is 4.04. The van der Waals surface area contributed by atoms with Gasteiger partial charge < -0.3 is 5.73 Å². The van der Waals surface area contributed by atoms with Gasteiger partial charge in [-0.25, -0.2) is 0 Å². The molecule has 1 heterocycles. The fourth-order valence-corrected chi connectivity index (χ4v) is 3.62. The third-order valence-corrected chi connectivity index (χ3v) is 4.77. The molecule has 18 heavy (non-hydrogen) atoms. The number of nitrogens with two attached hydrogens (primary N) is 1. The maximum absolute atomic E-state index is 6.40. The number of aryl methyl sites for hydroxylation is 1. The predicted molar refractivity (Wildman–Crippen MR) is 78.0 cm³/mol. The van der Waals surface area contributed by atoms with Gasteiger partial charge in [-0.1, -0.05) is 24.3 Å². The van der Waals surface area contributed by atoms with Crippen LogP contribution in [0.15, 0.2) is 41.1 Å². The van der Waals surface area contributed by atoms with E-state index in [9.17, 15) is 0 Å². The first kappa shape index (κ1) is 11.9. The molecule has 1 aliphatic rings. The van der Waals surface area contributed by atoms with Crippen molar-refractivity contribution < 1.29 is 0 Å². The van der Waals surface area contributed by atoms with Crippen molar-refractivity contribution in [3.63, 3.8) is 0 Å². The van der Waals surface area contributed by atoms with Crippen molar-refractivity contribution in [3.8, 4) is 0 Å². The fraction of sp³-hybridized carbons (Fsp3) is 0.375. The molecule has 2 heteroatoms. The topological polar surface area (TPSA) is 26.0 Å². The molecule has 1 aromatic carbocycles. The minimum absolute atomic E-state index is 0.299. The molecule has 0 saturated carbocycles. The van der Waals surface area contributed by atoms with Gasteiger partial charge in [0.15, 0.2) is 0 Å². The molecule has 1 aromatic heterocycles. The van der Waals surface area contributed by atoms with Crippen molar-refractivity contribution in [3.05, 3.63) is 57.8 Å². The lowest BCUT2D eigenvalue weighted by Crippen LogP contribution is -2.35. The highest BCUT2D eigenvalue weighted by Gasteiger charge is 2.23. The normalized spacial score (nSPS) is 20.4. The van der Waals surface area contributed by atoms with E-state index >= 15 is 0 Å². The number of thiophene rings is 1. The van der Waals surface area contributed by atoms with E-state index in [1.54, 1.807) is 11.3 Å². The highest BCUT2D eigenvalue weighted by atomic mass is 32.1. The quantitative estimate of drug-likeness (QED) is 0.896. The van der Waals surface area contributed by atoms with Gasteiger partial charge in [0, 0.05) is 6.04 Å². The van der Waals surface area contributed by atoms with Crippen LogP contribution in [0.5, 0.6) is 0 Å². The Morgan fingerprint density at radius 3 is 2.83 bits per heavy atom. The molecule has 0 radical (unpaired) electrons. The van der Waals surface area contributed by atoms with Gasteiger partial charge in [-0.2, -0.15) is 11.3 Å². The smallest absolute Gasteiger partial charge is 0.0111 e. The largest absolute Gasteiger partial charge is 0.327 e. The van der Waals surface area contributed by atoms with Gasteiger partial charge >= 0.3 is 0 Å². The van der Waals surface area contributed by atoms with Crippen molar-refractivity contribution in [1.29, 1.82) is 0 Å². The van der Waals surface area contributed by atoms with Crippen LogP contribution in [-0.4, -0.2) is 6.04 Å². The molecule has 1 nitrogen and oxygen atoms in total. The average molecular weight is 257 g/mol. The zero-order chi connectivity index (χ0) is 12.4. The molecule has 0 spiro atoms. The zero-order valence-electron chi connectivity index (χ0n) is 10.5. The summed E-state index contributed by atoms with van der Waals surface area (Å²) < 4.78 is 0. The maximum atomic E-state index is 6.40. The van der Waals surface area contributed by atoms with Crippen molar-refractivity contribution in [2.24, 2.45) is 11.7 Å². The summed E-state index contributed by atoms with van der Waals surface area (Å²) in [6, 6.07) is 11.3. The summed E-state index contributed by atoms with van der Waals surface area (Å²) in [4.78, 5) is 0. The molecule has 2 unspecified atom stereocenters. The molecule has 0 aliphatic heterocycles. The lowest BCUT2D eigenvalue weighted by atomic mass is 9.79. The number of hydrogen-bond acceptors (Lipinski definition) is 2. The molecule has 0 fully saturated rings. The van der Waals surface area contributed by atoms with Crippen molar-refractivity contribution in [2.45, 2.75) is 31.7 Å². The van der Waals surface area contributed by atoms with E-state index in [1.807, 2.05) is 0 Å². The standard InChI is InChI=1S/C16H19NS/c17-16(9-12-7-8-18-11-12)15-6-5-13-3-1-2-4-14(13)10-15/h1-4,7-8,11,15-16H,5-6,9-10,17H2. The number of benzene rings is 1. The van der Waals surface area contributed by atoms with E-state index in [0.29, 0.717) is 12.0 Å². The molecule has 94 valence electrons. The second kappa shape index (κ2) is 5.25. The first-order valence-electron chi connectivity index (χ1n) is 6.66. The summed E-state index contributed by atoms with van der Waals surface area (Å²) in [5.74, 6) is 0.639. The summed E-state index contributed by atoms with van der Waals surface area (Å²) in [5, 5.41) is 4.36. The molecule has 0 amide bonds. The van der Waals surface area contributed by atoms with Gasteiger partial charge in [0.25, 0.3) is 0 Å². The van der Waals surface area contributed by atoms with E-state index in [4.69, 9.17) is 5.73 Å². The van der Waals surface area contributed by atoms with Crippen LogP contribution in [0.2, 0.25) is 0 Å². The van der Waals surface area contributed by atoms with Crippen LogP contribution in [0.25, 0.3) is 0 Å². The van der Waals surface area contributed by atoms with Gasteiger partial charge in [0.05, 0.1) is 0 Å². The minimum atomic E-state index is 0.299. The number of fused-ring (bicyclic) bond motifs is 1. The van der Waals surface area contributed by atoms with E-state index in [2.05, 4.69) is 41.1 Å². The van der Waals surface area contributed by atoms with Gasteiger partial charge in [-0.15, -0.1) is 0 Å². The van der Waals surface area contributed by atoms with Crippen LogP contribution in [-0.2, 0) is 19.3 Å². The summed E-state index contributed by atoms with van der Waals surface area (Å²) in [6.07, 6.45) is 4.61. The van der Waals surface area contributed by atoms with Crippen LogP contribution in [0, 0.1) is 5.92 Å². The number of hydrogen-bond donors (Lipinski definition) is 1. The van der Waals surface area contributed by atoms with Crippen molar-refractivity contribution in [2.75, 3.05) is 0 Å². The lowest BCUT2D eigenvalue weighted by molar-refractivity contribution is 0.373. The summed E-state index contributed by atoms with van der Waals surface area (Å²) >= 11 is 1.76. The van der Waals surface area contributed by atoms with Crippen molar-refractivity contribution >= 4 is 11.3 Å². The summed E-state index contributed by atoms with van der Waals surface area (Å²) in [5.41, 5.74) is 10.8. The average Bonchev–Trinajstić information content (AvgIpc) is 2.91. The second-order valence-electron chi connectivity index (χ2n) is 5.27.